The summed E-state index contributed by atoms with van der Waals surface area (Å²) in [6.07, 6.45) is 4.42. The third kappa shape index (κ3) is 5.97. The van der Waals surface area contributed by atoms with Gasteiger partial charge in [0.05, 0.1) is 0 Å². The number of nitrogens with zero attached hydrogens (tertiary/aromatic N) is 1. The normalized spacial score (nSPS) is 10.2. The maximum atomic E-state index is 11.6. The minimum atomic E-state index is 0.120. The van der Waals surface area contributed by atoms with Crippen LogP contribution in [0, 0.1) is 0 Å². The summed E-state index contributed by atoms with van der Waals surface area (Å²) in [4.78, 5) is 13.5. The van der Waals surface area contributed by atoms with E-state index < -0.39 is 0 Å². The third-order valence-electron chi connectivity index (χ3n) is 2.18. The lowest BCUT2D eigenvalue weighted by molar-refractivity contribution is -0.135. The molecule has 84 valence electrons. The van der Waals surface area contributed by atoms with Crippen LogP contribution in [0.5, 0.6) is 0 Å². The van der Waals surface area contributed by atoms with Crippen LogP contribution < -0.4 is 0 Å². The highest BCUT2D eigenvalue weighted by atomic mass is 16.5. The van der Waals surface area contributed by atoms with Crippen molar-refractivity contribution >= 4 is 5.91 Å². The molecular formula is C11H23NO2. The summed E-state index contributed by atoms with van der Waals surface area (Å²) >= 11 is 0. The highest BCUT2D eigenvalue weighted by Crippen LogP contribution is 2.00. The zero-order chi connectivity index (χ0) is 10.8. The first kappa shape index (κ1) is 13.4. The van der Waals surface area contributed by atoms with E-state index in [2.05, 4.69) is 13.8 Å². The minimum absolute atomic E-state index is 0.120. The van der Waals surface area contributed by atoms with Gasteiger partial charge in [0, 0.05) is 20.2 Å². The molecule has 0 heterocycles. The average Bonchev–Trinajstić information content (AvgIpc) is 2.18. The number of methoxy groups -OCH3 is 1. The fraction of sp³-hybridized carbons (Fsp3) is 0.909. The molecule has 0 aliphatic carbocycles. The minimum Gasteiger partial charge on any atom is -0.375 e. The molecule has 0 aliphatic rings. The Hall–Kier alpha value is -0.570. The van der Waals surface area contributed by atoms with Gasteiger partial charge in [0.15, 0.2) is 0 Å². The summed E-state index contributed by atoms with van der Waals surface area (Å²) in [6.45, 7) is 6.24. The molecule has 0 fully saturated rings. The Morgan fingerprint density at radius 3 is 2.00 bits per heavy atom. The average molecular weight is 201 g/mol. The van der Waals surface area contributed by atoms with E-state index in [4.69, 9.17) is 4.74 Å². The lowest BCUT2D eigenvalue weighted by Gasteiger charge is -2.21. The number of hydrogen-bond acceptors (Lipinski definition) is 2. The number of carbonyl (C=O) groups is 1. The summed E-state index contributed by atoms with van der Waals surface area (Å²) in [5.74, 6) is 0.120. The molecule has 0 rings (SSSR count). The van der Waals surface area contributed by atoms with Crippen LogP contribution in [0.2, 0.25) is 0 Å². The summed E-state index contributed by atoms with van der Waals surface area (Å²) < 4.78 is 4.85. The fourth-order valence-corrected chi connectivity index (χ4v) is 1.27. The smallest absolute Gasteiger partial charge is 0.248 e. The van der Waals surface area contributed by atoms with Crippen molar-refractivity contribution in [3.05, 3.63) is 0 Å². The Bertz CT molecular complexity index is 140. The van der Waals surface area contributed by atoms with E-state index in [1.165, 1.54) is 0 Å². The zero-order valence-corrected chi connectivity index (χ0v) is 9.71. The molecule has 3 nitrogen and oxygen atoms in total. The maximum Gasteiger partial charge on any atom is 0.248 e. The third-order valence-corrected chi connectivity index (χ3v) is 2.18. The van der Waals surface area contributed by atoms with E-state index in [9.17, 15) is 4.79 Å². The van der Waals surface area contributed by atoms with Gasteiger partial charge in [0.2, 0.25) is 5.91 Å². The summed E-state index contributed by atoms with van der Waals surface area (Å²) in [6, 6.07) is 0. The van der Waals surface area contributed by atoms with E-state index in [1.54, 1.807) is 7.11 Å². The van der Waals surface area contributed by atoms with Crippen molar-refractivity contribution < 1.29 is 9.53 Å². The van der Waals surface area contributed by atoms with Crippen LogP contribution in [0.4, 0.5) is 0 Å². The largest absolute Gasteiger partial charge is 0.375 e. The molecule has 14 heavy (non-hydrogen) atoms. The zero-order valence-electron chi connectivity index (χ0n) is 9.71. The van der Waals surface area contributed by atoms with Gasteiger partial charge in [-0.25, -0.2) is 0 Å². The lowest BCUT2D eigenvalue weighted by Crippen LogP contribution is -2.35. The topological polar surface area (TPSA) is 29.5 Å². The van der Waals surface area contributed by atoms with E-state index in [0.717, 1.165) is 38.8 Å². The van der Waals surface area contributed by atoms with Crippen LogP contribution in [0.15, 0.2) is 0 Å². The molecule has 0 aromatic heterocycles. The highest BCUT2D eigenvalue weighted by molar-refractivity contribution is 5.77. The van der Waals surface area contributed by atoms with Crippen LogP contribution in [0.3, 0.4) is 0 Å². The number of unbranched alkanes of at least 4 members (excludes halogenated alkanes) is 2. The number of amides is 1. The predicted octanol–water partition coefficient (Wildman–Crippen LogP) is 2.06. The summed E-state index contributed by atoms with van der Waals surface area (Å²) in [7, 11) is 1.57. The quantitative estimate of drug-likeness (QED) is 0.601. The summed E-state index contributed by atoms with van der Waals surface area (Å²) in [5.41, 5.74) is 0. The van der Waals surface area contributed by atoms with Crippen molar-refractivity contribution in [3.8, 4) is 0 Å². The van der Waals surface area contributed by atoms with Gasteiger partial charge < -0.3 is 9.64 Å². The second-order valence-electron chi connectivity index (χ2n) is 3.52. The molecule has 1 amide bonds. The molecule has 0 spiro atoms. The van der Waals surface area contributed by atoms with E-state index in [-0.39, 0.29) is 12.5 Å². The van der Waals surface area contributed by atoms with Gasteiger partial charge in [-0.1, -0.05) is 26.7 Å². The SMILES string of the molecule is CCCCN(CCCC)C(=O)COC. The van der Waals surface area contributed by atoms with Gasteiger partial charge in [0.1, 0.15) is 6.61 Å². The van der Waals surface area contributed by atoms with Gasteiger partial charge in [-0.05, 0) is 12.8 Å². The van der Waals surface area contributed by atoms with Crippen LogP contribution in [-0.2, 0) is 9.53 Å². The maximum absolute atomic E-state index is 11.6. The predicted molar refractivity (Wildman–Crippen MR) is 58.3 cm³/mol. The lowest BCUT2D eigenvalue weighted by atomic mass is 10.2. The van der Waals surface area contributed by atoms with E-state index in [0.29, 0.717) is 0 Å². The van der Waals surface area contributed by atoms with Crippen molar-refractivity contribution in [1.82, 2.24) is 4.90 Å². The number of rotatable bonds is 8. The molecule has 0 unspecified atom stereocenters. The van der Waals surface area contributed by atoms with Gasteiger partial charge in [-0.15, -0.1) is 0 Å². The molecule has 0 aliphatic heterocycles. The van der Waals surface area contributed by atoms with Crippen molar-refractivity contribution in [2.45, 2.75) is 39.5 Å². The van der Waals surface area contributed by atoms with E-state index >= 15 is 0 Å². The molecule has 0 saturated carbocycles. The Morgan fingerprint density at radius 2 is 1.64 bits per heavy atom. The molecule has 3 heteroatoms. The molecule has 0 radical (unpaired) electrons. The van der Waals surface area contributed by atoms with Gasteiger partial charge in [0.25, 0.3) is 0 Å². The first-order valence-electron chi connectivity index (χ1n) is 5.52. The highest BCUT2D eigenvalue weighted by Gasteiger charge is 2.11. The molecule has 0 N–H and O–H groups in total. The van der Waals surface area contributed by atoms with Gasteiger partial charge in [-0.3, -0.25) is 4.79 Å². The van der Waals surface area contributed by atoms with Crippen molar-refractivity contribution in [2.75, 3.05) is 26.8 Å². The van der Waals surface area contributed by atoms with Gasteiger partial charge >= 0.3 is 0 Å². The summed E-state index contributed by atoms with van der Waals surface area (Å²) in [5, 5.41) is 0. The second-order valence-corrected chi connectivity index (χ2v) is 3.52. The number of carbonyl (C=O) groups excluding carboxylic acids is 1. The molecule has 0 aromatic carbocycles. The Kier molecular flexibility index (Phi) is 8.64. The Morgan fingerprint density at radius 1 is 1.14 bits per heavy atom. The van der Waals surface area contributed by atoms with Crippen LogP contribution in [-0.4, -0.2) is 37.6 Å². The monoisotopic (exact) mass is 201 g/mol. The Balaban J connectivity index is 3.88. The standard InChI is InChI=1S/C11H23NO2/c1-4-6-8-12(9-7-5-2)11(13)10-14-3/h4-10H2,1-3H3. The van der Waals surface area contributed by atoms with E-state index in [1.807, 2.05) is 4.90 Å². The van der Waals surface area contributed by atoms with Crippen molar-refractivity contribution in [2.24, 2.45) is 0 Å². The number of hydrogen-bond donors (Lipinski definition) is 0. The van der Waals surface area contributed by atoms with Crippen molar-refractivity contribution in [1.29, 1.82) is 0 Å². The Labute approximate surface area is 87.4 Å². The molecule has 0 saturated heterocycles. The van der Waals surface area contributed by atoms with Crippen LogP contribution in [0.1, 0.15) is 39.5 Å². The molecule has 0 bridgehead atoms. The van der Waals surface area contributed by atoms with Gasteiger partial charge in [-0.2, -0.15) is 0 Å². The van der Waals surface area contributed by atoms with Crippen LogP contribution >= 0.6 is 0 Å². The second kappa shape index (κ2) is 9.00. The fourth-order valence-electron chi connectivity index (χ4n) is 1.27. The molecule has 0 aromatic rings. The first-order valence-corrected chi connectivity index (χ1v) is 5.52. The van der Waals surface area contributed by atoms with Crippen molar-refractivity contribution in [3.63, 3.8) is 0 Å². The van der Waals surface area contributed by atoms with Crippen LogP contribution in [0.25, 0.3) is 0 Å². The molecular weight excluding hydrogens is 178 g/mol. The molecule has 0 atom stereocenters. The number of ether oxygens (including phenoxy) is 1. The first-order chi connectivity index (χ1) is 6.76.